The summed E-state index contributed by atoms with van der Waals surface area (Å²) in [6.45, 7) is 1.94. The van der Waals surface area contributed by atoms with Crippen LogP contribution in [0.1, 0.15) is 19.8 Å². The first-order valence-corrected chi connectivity index (χ1v) is 2.81. The van der Waals surface area contributed by atoms with E-state index in [0.29, 0.717) is 6.42 Å². The van der Waals surface area contributed by atoms with Gasteiger partial charge in [-0.05, 0) is 6.42 Å². The molecule has 0 heterocycles. The highest BCUT2D eigenvalue weighted by Crippen LogP contribution is 1.97. The Hall–Kier alpha value is -1.13. The Morgan fingerprint density at radius 3 is 2.78 bits per heavy atom. The molecule has 0 aliphatic heterocycles. The Morgan fingerprint density at radius 1 is 1.78 bits per heavy atom. The maximum absolute atomic E-state index is 9.61. The Balaban J connectivity index is 3.72. The standard InChI is InChI=1S/C6H8N2O/c1-2-3-6(4-7)8-5-9/h6H,2-3H2,1H3. The Kier molecular flexibility index (Phi) is 4.39. The minimum absolute atomic E-state index is 0.479. The molecule has 3 heteroatoms. The third kappa shape index (κ3) is 3.45. The molecule has 0 aromatic heterocycles. The second-order valence-electron chi connectivity index (χ2n) is 1.65. The number of nitriles is 1. The molecule has 1 atom stereocenters. The number of rotatable bonds is 3. The molecule has 0 bridgehead atoms. The van der Waals surface area contributed by atoms with Gasteiger partial charge in [0, 0.05) is 0 Å². The van der Waals surface area contributed by atoms with Gasteiger partial charge in [-0.2, -0.15) is 10.3 Å². The van der Waals surface area contributed by atoms with Crippen molar-refractivity contribution in [2.24, 2.45) is 4.99 Å². The maximum Gasteiger partial charge on any atom is 0.236 e. The van der Waals surface area contributed by atoms with Gasteiger partial charge in [0.15, 0.2) is 0 Å². The van der Waals surface area contributed by atoms with Crippen LogP contribution in [0, 0.1) is 11.3 Å². The Bertz CT molecular complexity index is 153. The summed E-state index contributed by atoms with van der Waals surface area (Å²) in [7, 11) is 0. The molecule has 0 aliphatic rings. The lowest BCUT2D eigenvalue weighted by Crippen LogP contribution is -1.97. The SMILES string of the molecule is CCCC(C#N)N=C=O. The fourth-order valence-electron chi connectivity index (χ4n) is 0.495. The van der Waals surface area contributed by atoms with Crippen molar-refractivity contribution in [1.29, 1.82) is 5.26 Å². The molecule has 0 fully saturated rings. The zero-order valence-electron chi connectivity index (χ0n) is 5.29. The first kappa shape index (κ1) is 7.87. The summed E-state index contributed by atoms with van der Waals surface area (Å²) in [5.74, 6) is 0. The monoisotopic (exact) mass is 124 g/mol. The van der Waals surface area contributed by atoms with Gasteiger partial charge in [-0.15, -0.1) is 0 Å². The topological polar surface area (TPSA) is 53.2 Å². The zero-order chi connectivity index (χ0) is 7.11. The normalized spacial score (nSPS) is 11.1. The molecule has 0 saturated heterocycles. The van der Waals surface area contributed by atoms with E-state index in [2.05, 4.69) is 4.99 Å². The minimum atomic E-state index is -0.479. The third-order valence-corrected chi connectivity index (χ3v) is 0.920. The quantitative estimate of drug-likeness (QED) is 0.416. The highest BCUT2D eigenvalue weighted by Gasteiger charge is 2.00. The lowest BCUT2D eigenvalue weighted by molar-refractivity contribution is 0.559. The molecule has 0 saturated carbocycles. The molecule has 0 amide bonds. The van der Waals surface area contributed by atoms with Crippen LogP contribution >= 0.6 is 0 Å². The van der Waals surface area contributed by atoms with Gasteiger partial charge in [-0.1, -0.05) is 13.3 Å². The Morgan fingerprint density at radius 2 is 2.44 bits per heavy atom. The van der Waals surface area contributed by atoms with Gasteiger partial charge in [0.05, 0.1) is 6.07 Å². The largest absolute Gasteiger partial charge is 0.236 e. The molecule has 0 rings (SSSR count). The van der Waals surface area contributed by atoms with Gasteiger partial charge in [-0.3, -0.25) is 0 Å². The number of aliphatic imine (C=N–C) groups is 1. The van der Waals surface area contributed by atoms with Gasteiger partial charge in [-0.25, -0.2) is 4.79 Å². The van der Waals surface area contributed by atoms with Crippen LogP contribution in [0.4, 0.5) is 0 Å². The summed E-state index contributed by atoms with van der Waals surface area (Å²) < 4.78 is 0. The third-order valence-electron chi connectivity index (χ3n) is 0.920. The molecule has 0 radical (unpaired) electrons. The predicted octanol–water partition coefficient (Wildman–Crippen LogP) is 1.01. The first-order valence-electron chi connectivity index (χ1n) is 2.81. The van der Waals surface area contributed by atoms with E-state index in [4.69, 9.17) is 5.26 Å². The molecule has 0 aliphatic carbocycles. The van der Waals surface area contributed by atoms with Crippen LogP contribution in [0.25, 0.3) is 0 Å². The van der Waals surface area contributed by atoms with Gasteiger partial charge in [0.2, 0.25) is 6.08 Å². The summed E-state index contributed by atoms with van der Waals surface area (Å²) in [5.41, 5.74) is 0. The molecule has 9 heavy (non-hydrogen) atoms. The number of hydrogen-bond acceptors (Lipinski definition) is 3. The lowest BCUT2D eigenvalue weighted by atomic mass is 10.2. The molecule has 3 nitrogen and oxygen atoms in total. The molecule has 48 valence electrons. The molecule has 0 spiro atoms. The number of nitrogens with zero attached hydrogens (tertiary/aromatic N) is 2. The van der Waals surface area contributed by atoms with Crippen molar-refractivity contribution in [1.82, 2.24) is 0 Å². The van der Waals surface area contributed by atoms with E-state index >= 15 is 0 Å². The van der Waals surface area contributed by atoms with Crippen LogP contribution in [-0.4, -0.2) is 12.1 Å². The smallest absolute Gasteiger partial charge is 0.211 e. The van der Waals surface area contributed by atoms with E-state index in [1.165, 1.54) is 6.08 Å². The van der Waals surface area contributed by atoms with Crippen LogP contribution in [0.2, 0.25) is 0 Å². The summed E-state index contributed by atoms with van der Waals surface area (Å²) >= 11 is 0. The van der Waals surface area contributed by atoms with Gasteiger partial charge < -0.3 is 0 Å². The van der Waals surface area contributed by atoms with Crippen molar-refractivity contribution in [2.45, 2.75) is 25.8 Å². The van der Waals surface area contributed by atoms with E-state index < -0.39 is 6.04 Å². The van der Waals surface area contributed by atoms with E-state index in [1.807, 2.05) is 13.0 Å². The summed E-state index contributed by atoms with van der Waals surface area (Å²) in [5, 5.41) is 8.27. The van der Waals surface area contributed by atoms with Crippen molar-refractivity contribution in [3.05, 3.63) is 0 Å². The zero-order valence-corrected chi connectivity index (χ0v) is 5.29. The maximum atomic E-state index is 9.61. The second kappa shape index (κ2) is 5.02. The van der Waals surface area contributed by atoms with Gasteiger partial charge in [0.25, 0.3) is 0 Å². The van der Waals surface area contributed by atoms with Crippen molar-refractivity contribution < 1.29 is 4.79 Å². The predicted molar refractivity (Wildman–Crippen MR) is 32.4 cm³/mol. The van der Waals surface area contributed by atoms with Crippen LogP contribution < -0.4 is 0 Å². The minimum Gasteiger partial charge on any atom is -0.211 e. The summed E-state index contributed by atoms with van der Waals surface area (Å²) in [6.07, 6.45) is 2.87. The molecular weight excluding hydrogens is 116 g/mol. The molecule has 0 aromatic carbocycles. The van der Waals surface area contributed by atoms with Crippen LogP contribution in [0.15, 0.2) is 4.99 Å². The van der Waals surface area contributed by atoms with Crippen molar-refractivity contribution in [3.63, 3.8) is 0 Å². The first-order chi connectivity index (χ1) is 4.35. The molecule has 0 aromatic rings. The van der Waals surface area contributed by atoms with Crippen molar-refractivity contribution >= 4 is 6.08 Å². The van der Waals surface area contributed by atoms with Crippen LogP contribution in [0.3, 0.4) is 0 Å². The average molecular weight is 124 g/mol. The Labute approximate surface area is 54.0 Å². The van der Waals surface area contributed by atoms with Crippen molar-refractivity contribution in [2.75, 3.05) is 0 Å². The van der Waals surface area contributed by atoms with E-state index in [9.17, 15) is 4.79 Å². The second-order valence-corrected chi connectivity index (χ2v) is 1.65. The molecule has 0 N–H and O–H groups in total. The van der Waals surface area contributed by atoms with Crippen LogP contribution in [0.5, 0.6) is 0 Å². The average Bonchev–Trinajstić information content (AvgIpc) is 1.88. The fourth-order valence-corrected chi connectivity index (χ4v) is 0.495. The number of hydrogen-bond donors (Lipinski definition) is 0. The van der Waals surface area contributed by atoms with E-state index in [0.717, 1.165) is 6.42 Å². The van der Waals surface area contributed by atoms with E-state index in [1.54, 1.807) is 0 Å². The van der Waals surface area contributed by atoms with Gasteiger partial charge in [0.1, 0.15) is 6.04 Å². The van der Waals surface area contributed by atoms with E-state index in [-0.39, 0.29) is 0 Å². The highest BCUT2D eigenvalue weighted by atomic mass is 16.1. The molecule has 1 unspecified atom stereocenters. The molecular formula is C6H8N2O. The summed E-state index contributed by atoms with van der Waals surface area (Å²) in [6, 6.07) is 1.40. The number of isocyanates is 1. The lowest BCUT2D eigenvalue weighted by Gasteiger charge is -1.93. The number of carbonyl (C=O) groups excluding carboxylic acids is 1. The fraction of sp³-hybridized carbons (Fsp3) is 0.667. The van der Waals surface area contributed by atoms with Crippen molar-refractivity contribution in [3.8, 4) is 6.07 Å². The van der Waals surface area contributed by atoms with Crippen LogP contribution in [-0.2, 0) is 4.79 Å². The highest BCUT2D eigenvalue weighted by molar-refractivity contribution is 5.34. The van der Waals surface area contributed by atoms with Gasteiger partial charge >= 0.3 is 0 Å². The summed E-state index contributed by atoms with van der Waals surface area (Å²) in [4.78, 5) is 12.9.